The zero-order chi connectivity index (χ0) is 18.6. The van der Waals surface area contributed by atoms with Crippen LogP contribution in [0.4, 0.5) is 0 Å². The standard InChI is InChI=1S/C21H36N4O/c1-4-19-8-6-7-9-20(19)17-24-21(22-5-2)23-16-18-10-12-25(13-11-18)14-15-26-3/h6-9,18H,4-5,10-17H2,1-3H3,(H2,22,23,24). The van der Waals surface area contributed by atoms with Crippen LogP contribution in [0.2, 0.25) is 0 Å². The predicted molar refractivity (Wildman–Crippen MR) is 110 cm³/mol. The lowest BCUT2D eigenvalue weighted by molar-refractivity contribution is 0.121. The molecule has 0 radical (unpaired) electrons. The molecule has 2 rings (SSSR count). The van der Waals surface area contributed by atoms with E-state index in [1.54, 1.807) is 7.11 Å². The van der Waals surface area contributed by atoms with Gasteiger partial charge in [0, 0.05) is 26.7 Å². The third-order valence-electron chi connectivity index (χ3n) is 5.13. The molecule has 0 spiro atoms. The van der Waals surface area contributed by atoms with E-state index in [1.165, 1.54) is 37.1 Å². The first-order valence-corrected chi connectivity index (χ1v) is 10.1. The summed E-state index contributed by atoms with van der Waals surface area (Å²) < 4.78 is 5.18. The van der Waals surface area contributed by atoms with Crippen molar-refractivity contribution in [3.05, 3.63) is 35.4 Å². The Hall–Kier alpha value is -1.59. The number of hydrogen-bond donors (Lipinski definition) is 2. The maximum absolute atomic E-state index is 5.18. The number of hydrogen-bond acceptors (Lipinski definition) is 3. The normalized spacial score (nSPS) is 16.7. The molecule has 5 nitrogen and oxygen atoms in total. The number of aliphatic imine (C=N–C) groups is 1. The van der Waals surface area contributed by atoms with Crippen LogP contribution in [0.1, 0.15) is 37.8 Å². The average Bonchev–Trinajstić information content (AvgIpc) is 2.69. The summed E-state index contributed by atoms with van der Waals surface area (Å²) in [7, 11) is 1.77. The lowest BCUT2D eigenvalue weighted by Crippen LogP contribution is -2.43. The van der Waals surface area contributed by atoms with E-state index in [1.807, 2.05) is 0 Å². The van der Waals surface area contributed by atoms with Gasteiger partial charge in [0.1, 0.15) is 0 Å². The number of methoxy groups -OCH3 is 1. The van der Waals surface area contributed by atoms with Gasteiger partial charge in [0.25, 0.3) is 0 Å². The van der Waals surface area contributed by atoms with Crippen molar-refractivity contribution >= 4 is 5.96 Å². The van der Waals surface area contributed by atoms with Gasteiger partial charge in [-0.3, -0.25) is 0 Å². The van der Waals surface area contributed by atoms with Crippen molar-refractivity contribution in [2.24, 2.45) is 10.9 Å². The molecule has 1 aliphatic heterocycles. The second kappa shape index (κ2) is 11.9. The largest absolute Gasteiger partial charge is 0.383 e. The van der Waals surface area contributed by atoms with E-state index >= 15 is 0 Å². The summed E-state index contributed by atoms with van der Waals surface area (Å²) in [6.07, 6.45) is 3.54. The fourth-order valence-electron chi connectivity index (χ4n) is 3.44. The van der Waals surface area contributed by atoms with Crippen LogP contribution in [-0.4, -0.2) is 57.3 Å². The second-order valence-electron chi connectivity index (χ2n) is 6.98. The molecule has 5 heteroatoms. The van der Waals surface area contributed by atoms with E-state index in [9.17, 15) is 0 Å². The fourth-order valence-corrected chi connectivity index (χ4v) is 3.44. The Bertz CT molecular complexity index is 539. The van der Waals surface area contributed by atoms with E-state index in [2.05, 4.69) is 53.6 Å². The highest BCUT2D eigenvalue weighted by Gasteiger charge is 2.19. The molecule has 26 heavy (non-hydrogen) atoms. The molecule has 0 saturated carbocycles. The van der Waals surface area contributed by atoms with Crippen LogP contribution in [0.15, 0.2) is 29.3 Å². The number of nitrogens with zero attached hydrogens (tertiary/aromatic N) is 2. The van der Waals surface area contributed by atoms with Gasteiger partial charge in [-0.2, -0.15) is 0 Å². The van der Waals surface area contributed by atoms with Gasteiger partial charge in [0.15, 0.2) is 5.96 Å². The van der Waals surface area contributed by atoms with Crippen LogP contribution in [0.3, 0.4) is 0 Å². The van der Waals surface area contributed by atoms with Gasteiger partial charge in [-0.05, 0) is 56.3 Å². The Kier molecular flexibility index (Phi) is 9.50. The first-order chi connectivity index (χ1) is 12.8. The average molecular weight is 361 g/mol. The number of ether oxygens (including phenoxy) is 1. The third kappa shape index (κ3) is 6.96. The minimum Gasteiger partial charge on any atom is -0.383 e. The number of rotatable bonds is 9. The van der Waals surface area contributed by atoms with Crippen molar-refractivity contribution in [2.75, 3.05) is 46.4 Å². The van der Waals surface area contributed by atoms with Gasteiger partial charge < -0.3 is 20.3 Å². The highest BCUT2D eigenvalue weighted by atomic mass is 16.5. The first kappa shape index (κ1) is 20.7. The SMILES string of the molecule is CCNC(=NCc1ccccc1CC)NCC1CCN(CCOC)CC1. The molecular formula is C21H36N4O. The summed E-state index contributed by atoms with van der Waals surface area (Å²) in [5, 5.41) is 6.93. The van der Waals surface area contributed by atoms with Crippen LogP contribution in [0, 0.1) is 5.92 Å². The number of likely N-dealkylation sites (tertiary alicyclic amines) is 1. The quantitative estimate of drug-likeness (QED) is 0.525. The fraction of sp³-hybridized carbons (Fsp3) is 0.667. The van der Waals surface area contributed by atoms with E-state index in [0.717, 1.165) is 51.1 Å². The lowest BCUT2D eigenvalue weighted by atomic mass is 9.97. The summed E-state index contributed by atoms with van der Waals surface area (Å²) in [6, 6.07) is 8.58. The molecule has 0 amide bonds. The molecule has 1 aromatic rings. The molecule has 0 aliphatic carbocycles. The third-order valence-corrected chi connectivity index (χ3v) is 5.13. The van der Waals surface area contributed by atoms with Crippen molar-refractivity contribution in [3.8, 4) is 0 Å². The zero-order valence-corrected chi connectivity index (χ0v) is 16.8. The lowest BCUT2D eigenvalue weighted by Gasteiger charge is -2.32. The Morgan fingerprint density at radius 1 is 1.15 bits per heavy atom. The smallest absolute Gasteiger partial charge is 0.191 e. The molecule has 0 atom stereocenters. The van der Waals surface area contributed by atoms with E-state index in [4.69, 9.17) is 9.73 Å². The minimum atomic E-state index is 0.723. The molecule has 1 aliphatic rings. The monoisotopic (exact) mass is 360 g/mol. The molecule has 1 heterocycles. The molecule has 0 aromatic heterocycles. The van der Waals surface area contributed by atoms with Gasteiger partial charge in [-0.1, -0.05) is 31.2 Å². The second-order valence-corrected chi connectivity index (χ2v) is 6.98. The molecule has 1 fully saturated rings. The van der Waals surface area contributed by atoms with Crippen molar-refractivity contribution in [1.29, 1.82) is 0 Å². The highest BCUT2D eigenvalue weighted by molar-refractivity contribution is 5.79. The molecule has 0 unspecified atom stereocenters. The van der Waals surface area contributed by atoms with Gasteiger partial charge in [0.2, 0.25) is 0 Å². The Morgan fingerprint density at radius 3 is 2.54 bits per heavy atom. The molecular weight excluding hydrogens is 324 g/mol. The molecule has 146 valence electrons. The first-order valence-electron chi connectivity index (χ1n) is 10.1. The van der Waals surface area contributed by atoms with Crippen LogP contribution in [0.25, 0.3) is 0 Å². The van der Waals surface area contributed by atoms with Gasteiger partial charge in [-0.25, -0.2) is 4.99 Å². The van der Waals surface area contributed by atoms with Crippen molar-refractivity contribution in [2.45, 2.75) is 39.7 Å². The Balaban J connectivity index is 1.81. The van der Waals surface area contributed by atoms with Crippen LogP contribution < -0.4 is 10.6 Å². The number of aryl methyl sites for hydroxylation is 1. The molecule has 2 N–H and O–H groups in total. The van der Waals surface area contributed by atoms with Crippen LogP contribution >= 0.6 is 0 Å². The minimum absolute atomic E-state index is 0.723. The summed E-state index contributed by atoms with van der Waals surface area (Å²) >= 11 is 0. The highest BCUT2D eigenvalue weighted by Crippen LogP contribution is 2.16. The maximum Gasteiger partial charge on any atom is 0.191 e. The van der Waals surface area contributed by atoms with Crippen LogP contribution in [-0.2, 0) is 17.7 Å². The van der Waals surface area contributed by atoms with E-state index in [0.29, 0.717) is 0 Å². The summed E-state index contributed by atoms with van der Waals surface area (Å²) in [5.41, 5.74) is 2.70. The zero-order valence-electron chi connectivity index (χ0n) is 16.8. The van der Waals surface area contributed by atoms with Gasteiger partial charge >= 0.3 is 0 Å². The molecule has 1 aromatic carbocycles. The maximum atomic E-state index is 5.18. The van der Waals surface area contributed by atoms with E-state index < -0.39 is 0 Å². The summed E-state index contributed by atoms with van der Waals surface area (Å²) in [6.45, 7) is 11.2. The molecule has 1 saturated heterocycles. The number of guanidine groups is 1. The number of nitrogens with one attached hydrogen (secondary N) is 2. The van der Waals surface area contributed by atoms with E-state index in [-0.39, 0.29) is 0 Å². The number of piperidine rings is 1. The number of benzene rings is 1. The van der Waals surface area contributed by atoms with Gasteiger partial charge in [0.05, 0.1) is 13.2 Å². The summed E-state index contributed by atoms with van der Waals surface area (Å²) in [4.78, 5) is 7.30. The topological polar surface area (TPSA) is 48.9 Å². The van der Waals surface area contributed by atoms with Gasteiger partial charge in [-0.15, -0.1) is 0 Å². The Morgan fingerprint density at radius 2 is 1.88 bits per heavy atom. The van der Waals surface area contributed by atoms with Crippen molar-refractivity contribution in [3.63, 3.8) is 0 Å². The predicted octanol–water partition coefficient (Wildman–Crippen LogP) is 2.66. The Labute approximate surface area is 159 Å². The van der Waals surface area contributed by atoms with Crippen LogP contribution in [0.5, 0.6) is 0 Å². The summed E-state index contributed by atoms with van der Waals surface area (Å²) in [5.74, 6) is 1.65. The molecule has 0 bridgehead atoms. The van der Waals surface area contributed by atoms with Crippen molar-refractivity contribution < 1.29 is 4.74 Å². The van der Waals surface area contributed by atoms with Crippen molar-refractivity contribution in [1.82, 2.24) is 15.5 Å².